The lowest BCUT2D eigenvalue weighted by Crippen LogP contribution is -2.05. The molecule has 0 spiro atoms. The largest absolute Gasteiger partial charge is 0.493 e. The van der Waals surface area contributed by atoms with Crippen molar-refractivity contribution in [1.29, 1.82) is 0 Å². The van der Waals surface area contributed by atoms with Crippen LogP contribution in [0.15, 0.2) is 22.8 Å². The zero-order valence-corrected chi connectivity index (χ0v) is 12.0. The summed E-state index contributed by atoms with van der Waals surface area (Å²) in [7, 11) is 6.56. The molecule has 0 saturated heterocycles. The summed E-state index contributed by atoms with van der Waals surface area (Å²) in [6, 6.07) is 3.62. The Morgan fingerprint density at radius 1 is 1.10 bits per heavy atom. The van der Waals surface area contributed by atoms with Gasteiger partial charge < -0.3 is 23.9 Å². The number of nitrogens with one attached hydrogen (secondary N) is 1. The Morgan fingerprint density at radius 2 is 1.85 bits per heavy atom. The average Bonchev–Trinajstić information content (AvgIpc) is 2.94. The van der Waals surface area contributed by atoms with Gasteiger partial charge in [0.1, 0.15) is 6.26 Å². The third-order valence-corrected chi connectivity index (χ3v) is 2.84. The molecule has 20 heavy (non-hydrogen) atoms. The summed E-state index contributed by atoms with van der Waals surface area (Å²) in [6.45, 7) is 0.638. The van der Waals surface area contributed by atoms with E-state index in [0.29, 0.717) is 35.2 Å². The fraction of sp³-hybridized carbons (Fsp3) is 0.357. The number of hydrogen-bond donors (Lipinski definition) is 1. The molecule has 2 rings (SSSR count). The normalized spacial score (nSPS) is 10.4. The number of benzene rings is 1. The van der Waals surface area contributed by atoms with Gasteiger partial charge in [-0.05, 0) is 19.2 Å². The Balaban J connectivity index is 2.49. The van der Waals surface area contributed by atoms with Crippen molar-refractivity contribution in [3.05, 3.63) is 24.1 Å². The van der Waals surface area contributed by atoms with Crippen molar-refractivity contribution in [2.24, 2.45) is 0 Å². The van der Waals surface area contributed by atoms with Crippen LogP contribution in [0.25, 0.3) is 11.5 Å². The summed E-state index contributed by atoms with van der Waals surface area (Å²) in [4.78, 5) is 4.40. The number of nitrogens with zero attached hydrogens (tertiary/aromatic N) is 1. The zero-order chi connectivity index (χ0) is 14.5. The Hall–Kier alpha value is -2.21. The molecule has 2 aromatic rings. The minimum absolute atomic E-state index is 0.480. The second-order valence-corrected chi connectivity index (χ2v) is 4.06. The Morgan fingerprint density at radius 3 is 2.45 bits per heavy atom. The third kappa shape index (κ3) is 2.55. The standard InChI is InChI=1S/C14H18N2O4/c1-15-7-9-8-20-14(16-9)10-5-6-11(17-2)13(19-4)12(10)18-3/h5-6,8,15H,7H2,1-4H3. The molecule has 6 heteroatoms. The lowest BCUT2D eigenvalue weighted by atomic mass is 10.1. The van der Waals surface area contributed by atoms with E-state index < -0.39 is 0 Å². The second kappa shape index (κ2) is 6.29. The van der Waals surface area contributed by atoms with Crippen LogP contribution in [0.4, 0.5) is 0 Å². The lowest BCUT2D eigenvalue weighted by molar-refractivity contribution is 0.324. The van der Waals surface area contributed by atoms with Gasteiger partial charge in [-0.2, -0.15) is 0 Å². The molecule has 0 fully saturated rings. The lowest BCUT2D eigenvalue weighted by Gasteiger charge is -2.14. The summed E-state index contributed by atoms with van der Waals surface area (Å²) < 4.78 is 21.5. The quantitative estimate of drug-likeness (QED) is 0.872. The SMILES string of the molecule is CNCc1coc(-c2ccc(OC)c(OC)c2OC)n1. The van der Waals surface area contributed by atoms with Gasteiger partial charge in [0.05, 0.1) is 32.6 Å². The smallest absolute Gasteiger partial charge is 0.230 e. The van der Waals surface area contributed by atoms with E-state index in [1.165, 1.54) is 0 Å². The van der Waals surface area contributed by atoms with Gasteiger partial charge in [-0.25, -0.2) is 4.98 Å². The monoisotopic (exact) mass is 278 g/mol. The predicted octanol–water partition coefficient (Wildman–Crippen LogP) is 2.09. The number of methoxy groups -OCH3 is 3. The Labute approximate surface area is 117 Å². The van der Waals surface area contributed by atoms with E-state index in [4.69, 9.17) is 18.6 Å². The number of rotatable bonds is 6. The van der Waals surface area contributed by atoms with Crippen LogP contribution in [0.3, 0.4) is 0 Å². The summed E-state index contributed by atoms with van der Waals surface area (Å²) in [5.41, 5.74) is 1.53. The van der Waals surface area contributed by atoms with E-state index in [9.17, 15) is 0 Å². The van der Waals surface area contributed by atoms with Crippen LogP contribution < -0.4 is 19.5 Å². The van der Waals surface area contributed by atoms with Crippen molar-refractivity contribution in [3.63, 3.8) is 0 Å². The molecule has 0 aliphatic carbocycles. The molecule has 0 aliphatic rings. The molecule has 0 atom stereocenters. The van der Waals surface area contributed by atoms with Crippen LogP contribution in [-0.4, -0.2) is 33.4 Å². The highest BCUT2D eigenvalue weighted by molar-refractivity contribution is 5.71. The molecule has 108 valence electrons. The molecule has 0 aliphatic heterocycles. The second-order valence-electron chi connectivity index (χ2n) is 4.06. The molecular weight excluding hydrogens is 260 g/mol. The van der Waals surface area contributed by atoms with E-state index in [0.717, 1.165) is 5.69 Å². The van der Waals surface area contributed by atoms with Crippen molar-refractivity contribution in [2.45, 2.75) is 6.54 Å². The fourth-order valence-corrected chi connectivity index (χ4v) is 1.96. The molecule has 0 unspecified atom stereocenters. The number of hydrogen-bond acceptors (Lipinski definition) is 6. The van der Waals surface area contributed by atoms with E-state index in [1.54, 1.807) is 33.7 Å². The highest BCUT2D eigenvalue weighted by atomic mass is 16.5. The molecule has 1 aromatic carbocycles. The van der Waals surface area contributed by atoms with Crippen LogP contribution in [-0.2, 0) is 6.54 Å². The Kier molecular flexibility index (Phi) is 4.47. The summed E-state index contributed by atoms with van der Waals surface area (Å²) in [5.74, 6) is 2.12. The minimum atomic E-state index is 0.480. The maximum Gasteiger partial charge on any atom is 0.230 e. The van der Waals surface area contributed by atoms with Gasteiger partial charge in [0.2, 0.25) is 11.6 Å². The van der Waals surface area contributed by atoms with E-state index in [2.05, 4.69) is 10.3 Å². The fourth-order valence-electron chi connectivity index (χ4n) is 1.96. The summed E-state index contributed by atoms with van der Waals surface area (Å²) in [6.07, 6.45) is 1.61. The first-order valence-corrected chi connectivity index (χ1v) is 6.13. The first-order valence-electron chi connectivity index (χ1n) is 6.13. The number of ether oxygens (including phenoxy) is 3. The molecule has 0 bridgehead atoms. The van der Waals surface area contributed by atoms with Gasteiger partial charge in [-0.1, -0.05) is 0 Å². The van der Waals surface area contributed by atoms with Crippen molar-refractivity contribution < 1.29 is 18.6 Å². The first kappa shape index (κ1) is 14.2. The maximum absolute atomic E-state index is 5.49. The molecular formula is C14H18N2O4. The topological polar surface area (TPSA) is 65.8 Å². The van der Waals surface area contributed by atoms with E-state index in [-0.39, 0.29) is 0 Å². The summed E-state index contributed by atoms with van der Waals surface area (Å²) >= 11 is 0. The van der Waals surface area contributed by atoms with Crippen molar-refractivity contribution in [1.82, 2.24) is 10.3 Å². The molecule has 0 amide bonds. The van der Waals surface area contributed by atoms with Gasteiger partial charge in [0, 0.05) is 6.54 Å². The van der Waals surface area contributed by atoms with Crippen molar-refractivity contribution in [2.75, 3.05) is 28.4 Å². The van der Waals surface area contributed by atoms with Crippen LogP contribution in [0, 0.1) is 0 Å². The van der Waals surface area contributed by atoms with Gasteiger partial charge in [0.15, 0.2) is 11.5 Å². The molecule has 0 radical (unpaired) electrons. The van der Waals surface area contributed by atoms with E-state index >= 15 is 0 Å². The molecule has 1 heterocycles. The zero-order valence-electron chi connectivity index (χ0n) is 12.0. The highest BCUT2D eigenvalue weighted by Gasteiger charge is 2.20. The van der Waals surface area contributed by atoms with Crippen LogP contribution in [0.2, 0.25) is 0 Å². The summed E-state index contributed by atoms with van der Waals surface area (Å²) in [5, 5.41) is 3.02. The van der Waals surface area contributed by atoms with Crippen molar-refractivity contribution in [3.8, 4) is 28.7 Å². The first-order chi connectivity index (χ1) is 9.74. The number of aromatic nitrogens is 1. The molecule has 1 aromatic heterocycles. The number of oxazole rings is 1. The molecule has 1 N–H and O–H groups in total. The average molecular weight is 278 g/mol. The van der Waals surface area contributed by atoms with Gasteiger partial charge in [-0.3, -0.25) is 0 Å². The van der Waals surface area contributed by atoms with Gasteiger partial charge in [0.25, 0.3) is 0 Å². The predicted molar refractivity (Wildman–Crippen MR) is 74.4 cm³/mol. The third-order valence-electron chi connectivity index (χ3n) is 2.84. The highest BCUT2D eigenvalue weighted by Crippen LogP contribution is 2.43. The van der Waals surface area contributed by atoms with Crippen LogP contribution in [0.1, 0.15) is 5.69 Å². The van der Waals surface area contributed by atoms with E-state index in [1.807, 2.05) is 13.1 Å². The van der Waals surface area contributed by atoms with Crippen molar-refractivity contribution >= 4 is 0 Å². The van der Waals surface area contributed by atoms with Gasteiger partial charge in [-0.15, -0.1) is 0 Å². The van der Waals surface area contributed by atoms with Gasteiger partial charge >= 0.3 is 0 Å². The molecule has 6 nitrogen and oxygen atoms in total. The molecule has 0 saturated carbocycles. The van der Waals surface area contributed by atoms with Crippen LogP contribution in [0.5, 0.6) is 17.2 Å². The maximum atomic E-state index is 5.49. The van der Waals surface area contributed by atoms with Crippen LogP contribution >= 0.6 is 0 Å². The minimum Gasteiger partial charge on any atom is -0.493 e. The Bertz CT molecular complexity index is 581.